The predicted molar refractivity (Wildman–Crippen MR) is 87.1 cm³/mol. The van der Waals surface area contributed by atoms with Crippen molar-refractivity contribution in [3.8, 4) is 0 Å². The van der Waals surface area contributed by atoms with E-state index in [0.717, 1.165) is 37.0 Å². The first-order chi connectivity index (χ1) is 11.8. The lowest BCUT2D eigenvalue weighted by Crippen LogP contribution is -2.50. The summed E-state index contributed by atoms with van der Waals surface area (Å²) >= 11 is 1.14. The highest BCUT2D eigenvalue weighted by atomic mass is 32.1. The van der Waals surface area contributed by atoms with E-state index in [0.29, 0.717) is 9.78 Å². The van der Waals surface area contributed by atoms with Crippen molar-refractivity contribution < 1.29 is 27.5 Å². The number of rotatable bonds is 7. The van der Waals surface area contributed by atoms with Crippen LogP contribution in [-0.4, -0.2) is 49.2 Å². The third-order valence-electron chi connectivity index (χ3n) is 4.11. The normalized spacial score (nSPS) is 16.6. The fourth-order valence-corrected chi connectivity index (χ4v) is 3.76. The minimum absolute atomic E-state index is 0.0553. The molecule has 1 aromatic heterocycles. The molecule has 0 aromatic carbocycles. The molecule has 1 atom stereocenters. The van der Waals surface area contributed by atoms with E-state index in [1.807, 2.05) is 0 Å². The molecule has 5 nitrogen and oxygen atoms in total. The summed E-state index contributed by atoms with van der Waals surface area (Å²) in [5.41, 5.74) is 0. The summed E-state index contributed by atoms with van der Waals surface area (Å²) in [4.78, 5) is 25.6. The molecule has 0 radical (unpaired) electrons. The van der Waals surface area contributed by atoms with Crippen LogP contribution in [0.15, 0.2) is 17.5 Å². The molecule has 9 heteroatoms. The van der Waals surface area contributed by atoms with Crippen molar-refractivity contribution in [1.29, 1.82) is 0 Å². The molecule has 1 heterocycles. The van der Waals surface area contributed by atoms with Crippen LogP contribution in [0.5, 0.6) is 0 Å². The van der Waals surface area contributed by atoms with Crippen molar-refractivity contribution in [2.24, 2.45) is 0 Å². The van der Waals surface area contributed by atoms with Gasteiger partial charge in [0.1, 0.15) is 6.04 Å². The van der Waals surface area contributed by atoms with Crippen LogP contribution in [0, 0.1) is 0 Å². The van der Waals surface area contributed by atoms with Gasteiger partial charge in [-0.2, -0.15) is 13.2 Å². The van der Waals surface area contributed by atoms with E-state index in [1.54, 1.807) is 17.5 Å². The van der Waals surface area contributed by atoms with Gasteiger partial charge in [0.15, 0.2) is 0 Å². The molecule has 1 saturated carbocycles. The molecule has 1 N–H and O–H groups in total. The number of carbonyl (C=O) groups excluding carboxylic acids is 2. The summed E-state index contributed by atoms with van der Waals surface area (Å²) < 4.78 is 43.9. The zero-order valence-corrected chi connectivity index (χ0v) is 14.7. The largest absolute Gasteiger partial charge is 0.471 e. The topological polar surface area (TPSA) is 58.6 Å². The van der Waals surface area contributed by atoms with E-state index in [9.17, 15) is 22.8 Å². The summed E-state index contributed by atoms with van der Waals surface area (Å²) in [7, 11) is 1.33. The van der Waals surface area contributed by atoms with Gasteiger partial charge in [-0.1, -0.05) is 18.9 Å². The Bertz CT molecular complexity index is 572. The van der Waals surface area contributed by atoms with E-state index < -0.39 is 24.0 Å². The standard InChI is InChI=1S/C16H21F3N2O3S/c1-24-9-8-21(15(23)16(17,18)19)13(12-7-4-10-25-12)14(22)20-11-5-2-3-6-11/h4,7,10-11,13H,2-3,5-6,8-9H2,1H3,(H,20,22)/t13-/m1/s1. The van der Waals surface area contributed by atoms with Crippen LogP contribution < -0.4 is 5.32 Å². The number of hydrogen-bond donors (Lipinski definition) is 1. The molecule has 0 bridgehead atoms. The molecule has 1 aromatic rings. The number of amides is 2. The Balaban J connectivity index is 2.29. The quantitative estimate of drug-likeness (QED) is 0.794. The summed E-state index contributed by atoms with van der Waals surface area (Å²) in [5.74, 6) is -2.62. The zero-order valence-electron chi connectivity index (χ0n) is 13.8. The highest BCUT2D eigenvalue weighted by Crippen LogP contribution is 2.30. The molecule has 0 aliphatic heterocycles. The van der Waals surface area contributed by atoms with Gasteiger partial charge in [-0.3, -0.25) is 9.59 Å². The fraction of sp³-hybridized carbons (Fsp3) is 0.625. The van der Waals surface area contributed by atoms with Crippen molar-refractivity contribution in [3.63, 3.8) is 0 Å². The number of hydrogen-bond acceptors (Lipinski definition) is 4. The number of alkyl halides is 3. The third-order valence-corrected chi connectivity index (χ3v) is 5.04. The van der Waals surface area contributed by atoms with Gasteiger partial charge in [-0.15, -0.1) is 11.3 Å². The zero-order chi connectivity index (χ0) is 18.4. The summed E-state index contributed by atoms with van der Waals surface area (Å²) in [6.45, 7) is -0.421. The molecule has 2 rings (SSSR count). The second kappa shape index (κ2) is 8.66. The predicted octanol–water partition coefficient (Wildman–Crippen LogP) is 2.89. The number of methoxy groups -OCH3 is 1. The molecule has 0 unspecified atom stereocenters. The van der Waals surface area contributed by atoms with Crippen molar-refractivity contribution in [1.82, 2.24) is 10.2 Å². The van der Waals surface area contributed by atoms with E-state index in [4.69, 9.17) is 4.74 Å². The molecule has 1 aliphatic carbocycles. The van der Waals surface area contributed by atoms with Gasteiger partial charge in [-0.25, -0.2) is 0 Å². The summed E-state index contributed by atoms with van der Waals surface area (Å²) in [6, 6.07) is 1.83. The molecule has 2 amide bonds. The van der Waals surface area contributed by atoms with Crippen molar-refractivity contribution in [2.45, 2.75) is 43.9 Å². The van der Waals surface area contributed by atoms with E-state index >= 15 is 0 Å². The lowest BCUT2D eigenvalue weighted by atomic mass is 10.1. The number of thiophene rings is 1. The number of nitrogens with zero attached hydrogens (tertiary/aromatic N) is 1. The second-order valence-corrected chi connectivity index (χ2v) is 6.88. The van der Waals surface area contributed by atoms with Crippen LogP contribution in [0.4, 0.5) is 13.2 Å². The van der Waals surface area contributed by atoms with Crippen LogP contribution in [0.1, 0.15) is 36.6 Å². The number of halogens is 3. The number of ether oxygens (including phenoxy) is 1. The molecular weight excluding hydrogens is 357 g/mol. The van der Waals surface area contributed by atoms with Crippen LogP contribution in [0.2, 0.25) is 0 Å². The molecule has 0 spiro atoms. The van der Waals surface area contributed by atoms with E-state index in [1.165, 1.54) is 7.11 Å². The molecule has 1 aliphatic rings. The van der Waals surface area contributed by atoms with Gasteiger partial charge in [-0.05, 0) is 24.3 Å². The van der Waals surface area contributed by atoms with Crippen LogP contribution in [-0.2, 0) is 14.3 Å². The van der Waals surface area contributed by atoms with Gasteiger partial charge in [0.05, 0.1) is 6.61 Å². The first-order valence-corrected chi connectivity index (χ1v) is 8.93. The Kier molecular flexibility index (Phi) is 6.83. The first kappa shape index (κ1) is 19.7. The first-order valence-electron chi connectivity index (χ1n) is 8.05. The Morgan fingerprint density at radius 3 is 2.60 bits per heavy atom. The average Bonchev–Trinajstić information content (AvgIpc) is 3.23. The van der Waals surface area contributed by atoms with Crippen molar-refractivity contribution >= 4 is 23.2 Å². The van der Waals surface area contributed by atoms with Gasteiger partial charge < -0.3 is 15.0 Å². The summed E-state index contributed by atoms with van der Waals surface area (Å²) in [6.07, 6.45) is -1.51. The van der Waals surface area contributed by atoms with Crippen molar-refractivity contribution in [3.05, 3.63) is 22.4 Å². The monoisotopic (exact) mass is 378 g/mol. The maximum atomic E-state index is 13.0. The van der Waals surface area contributed by atoms with Crippen LogP contribution >= 0.6 is 11.3 Å². The minimum Gasteiger partial charge on any atom is -0.383 e. The maximum absolute atomic E-state index is 13.0. The number of nitrogens with one attached hydrogen (secondary N) is 1. The van der Waals surface area contributed by atoms with Gasteiger partial charge >= 0.3 is 12.1 Å². The maximum Gasteiger partial charge on any atom is 0.471 e. The third kappa shape index (κ3) is 5.18. The molecular formula is C16H21F3N2O3S. The van der Waals surface area contributed by atoms with Crippen molar-refractivity contribution in [2.75, 3.05) is 20.3 Å². The van der Waals surface area contributed by atoms with E-state index in [2.05, 4.69) is 5.32 Å². The fourth-order valence-electron chi connectivity index (χ4n) is 2.92. The van der Waals surface area contributed by atoms with Crippen LogP contribution in [0.3, 0.4) is 0 Å². The Labute approximate surface area is 148 Å². The Morgan fingerprint density at radius 1 is 1.40 bits per heavy atom. The molecule has 140 valence electrons. The highest BCUT2D eigenvalue weighted by molar-refractivity contribution is 7.10. The number of carbonyl (C=O) groups is 2. The smallest absolute Gasteiger partial charge is 0.383 e. The second-order valence-electron chi connectivity index (χ2n) is 5.90. The SMILES string of the molecule is COCCN(C(=O)C(F)(F)F)[C@@H](C(=O)NC1CCCC1)c1cccs1. The molecule has 25 heavy (non-hydrogen) atoms. The lowest BCUT2D eigenvalue weighted by molar-refractivity contribution is -0.189. The van der Waals surface area contributed by atoms with Gasteiger partial charge in [0, 0.05) is 24.6 Å². The minimum atomic E-state index is -5.06. The Hall–Kier alpha value is -1.61. The molecule has 0 saturated heterocycles. The van der Waals surface area contributed by atoms with E-state index in [-0.39, 0.29) is 19.2 Å². The molecule has 1 fully saturated rings. The lowest BCUT2D eigenvalue weighted by Gasteiger charge is -2.31. The average molecular weight is 378 g/mol. The Morgan fingerprint density at radius 2 is 2.08 bits per heavy atom. The van der Waals surface area contributed by atoms with Gasteiger partial charge in [0.2, 0.25) is 5.91 Å². The van der Waals surface area contributed by atoms with Crippen LogP contribution in [0.25, 0.3) is 0 Å². The van der Waals surface area contributed by atoms with Gasteiger partial charge in [0.25, 0.3) is 0 Å². The summed E-state index contributed by atoms with van der Waals surface area (Å²) in [5, 5.41) is 4.46. The highest BCUT2D eigenvalue weighted by Gasteiger charge is 2.46.